The predicted octanol–water partition coefficient (Wildman–Crippen LogP) is 0.0404. The molecule has 0 fully saturated rings. The normalized spacial score (nSPS) is 10.3. The van der Waals surface area contributed by atoms with Gasteiger partial charge in [0.05, 0.1) is 11.8 Å². The number of nitrogens with zero attached hydrogens (tertiary/aromatic N) is 5. The summed E-state index contributed by atoms with van der Waals surface area (Å²) < 4.78 is 1.75. The summed E-state index contributed by atoms with van der Waals surface area (Å²) in [6.45, 7) is 0. The highest BCUT2D eigenvalue weighted by atomic mass is 32.2. The molecule has 0 bridgehead atoms. The molecule has 82 valence electrons. The van der Waals surface area contributed by atoms with E-state index in [2.05, 4.69) is 20.4 Å². The fraction of sp³-hybridized carbons (Fsp3) is 0.125. The molecule has 0 radical (unpaired) electrons. The molecule has 0 aliphatic heterocycles. The minimum absolute atomic E-state index is 0.0421. The van der Waals surface area contributed by atoms with Crippen LogP contribution in [0.5, 0.6) is 0 Å². The summed E-state index contributed by atoms with van der Waals surface area (Å²) in [6, 6.07) is 1.65. The maximum absolute atomic E-state index is 7.41. The summed E-state index contributed by atoms with van der Waals surface area (Å²) in [5, 5.41) is 24.0. The van der Waals surface area contributed by atoms with Crippen LogP contribution in [0.1, 0.15) is 5.56 Å². The molecule has 2 heterocycles. The summed E-state index contributed by atoms with van der Waals surface area (Å²) >= 11 is 1.27. The van der Waals surface area contributed by atoms with Gasteiger partial charge in [0.1, 0.15) is 17.2 Å². The van der Waals surface area contributed by atoms with Gasteiger partial charge < -0.3 is 10.3 Å². The fourth-order valence-corrected chi connectivity index (χ4v) is 1.88. The molecule has 16 heavy (non-hydrogen) atoms. The van der Waals surface area contributed by atoms with Crippen LogP contribution in [0.4, 0.5) is 0 Å². The van der Waals surface area contributed by atoms with E-state index in [-0.39, 0.29) is 5.84 Å². The van der Waals surface area contributed by atoms with Crippen molar-refractivity contribution in [1.82, 2.24) is 25.0 Å². The summed E-state index contributed by atoms with van der Waals surface area (Å²) in [7, 11) is 1.83. The van der Waals surface area contributed by atoms with Gasteiger partial charge in [-0.3, -0.25) is 5.41 Å². The van der Waals surface area contributed by atoms with Crippen LogP contribution in [0.3, 0.4) is 0 Å². The van der Waals surface area contributed by atoms with Gasteiger partial charge in [0, 0.05) is 7.05 Å². The van der Waals surface area contributed by atoms with Crippen molar-refractivity contribution in [1.29, 1.82) is 5.41 Å². The number of aromatic nitrogens is 5. The Balaban J connectivity index is 2.35. The van der Waals surface area contributed by atoms with Crippen LogP contribution >= 0.6 is 11.8 Å². The molecule has 0 aromatic carbocycles. The van der Waals surface area contributed by atoms with Crippen molar-refractivity contribution < 1.29 is 0 Å². The van der Waals surface area contributed by atoms with Crippen LogP contribution in [0, 0.1) is 5.41 Å². The second kappa shape index (κ2) is 4.27. The molecule has 3 N–H and O–H groups in total. The van der Waals surface area contributed by atoms with E-state index in [1.165, 1.54) is 18.0 Å². The largest absolute Gasteiger partial charge is 0.384 e. The Kier molecular flexibility index (Phi) is 2.82. The third kappa shape index (κ3) is 2.01. The Morgan fingerprint density at radius 1 is 1.44 bits per heavy atom. The molecule has 2 rings (SSSR count). The Labute approximate surface area is 95.6 Å². The van der Waals surface area contributed by atoms with E-state index in [1.807, 2.05) is 7.05 Å². The van der Waals surface area contributed by atoms with Gasteiger partial charge >= 0.3 is 0 Å². The van der Waals surface area contributed by atoms with Crippen molar-refractivity contribution in [2.45, 2.75) is 10.2 Å². The lowest BCUT2D eigenvalue weighted by Gasteiger charge is -2.03. The minimum atomic E-state index is -0.0421. The Morgan fingerprint density at radius 2 is 2.25 bits per heavy atom. The molecule has 0 atom stereocenters. The third-order valence-electron chi connectivity index (χ3n) is 1.83. The highest BCUT2D eigenvalue weighted by Crippen LogP contribution is 2.25. The van der Waals surface area contributed by atoms with Crippen LogP contribution < -0.4 is 5.73 Å². The van der Waals surface area contributed by atoms with E-state index >= 15 is 0 Å². The first-order chi connectivity index (χ1) is 7.68. The van der Waals surface area contributed by atoms with Crippen molar-refractivity contribution in [2.75, 3.05) is 0 Å². The van der Waals surface area contributed by atoms with Crippen LogP contribution in [0.25, 0.3) is 0 Å². The zero-order valence-corrected chi connectivity index (χ0v) is 9.27. The summed E-state index contributed by atoms with van der Waals surface area (Å²) in [5.74, 6) is -0.0421. The van der Waals surface area contributed by atoms with Gasteiger partial charge in [0.2, 0.25) is 0 Å². The molecule has 0 spiro atoms. The molecule has 0 amide bonds. The number of nitrogen functional groups attached to an aromatic ring is 1. The number of hydrogen-bond donors (Lipinski definition) is 2. The smallest absolute Gasteiger partial charge is 0.197 e. The lowest BCUT2D eigenvalue weighted by atomic mass is 10.3. The Morgan fingerprint density at radius 3 is 2.88 bits per heavy atom. The zero-order chi connectivity index (χ0) is 11.5. The van der Waals surface area contributed by atoms with Gasteiger partial charge in [-0.15, -0.1) is 15.3 Å². The molecular formula is C8H9N7S. The second-order valence-electron chi connectivity index (χ2n) is 2.99. The Bertz CT molecular complexity index is 521. The van der Waals surface area contributed by atoms with Crippen LogP contribution in [-0.2, 0) is 7.05 Å². The van der Waals surface area contributed by atoms with Crippen LogP contribution in [-0.4, -0.2) is 30.8 Å². The van der Waals surface area contributed by atoms with Gasteiger partial charge in [-0.1, -0.05) is 0 Å². The molecule has 0 saturated heterocycles. The average molecular weight is 235 g/mol. The molecule has 2 aromatic rings. The molecule has 0 unspecified atom stereocenters. The molecule has 8 heteroatoms. The van der Waals surface area contributed by atoms with Crippen molar-refractivity contribution >= 4 is 17.6 Å². The number of nitrogens with one attached hydrogen (secondary N) is 1. The van der Waals surface area contributed by atoms with Crippen molar-refractivity contribution in [2.24, 2.45) is 12.8 Å². The third-order valence-corrected chi connectivity index (χ3v) is 2.88. The molecule has 0 saturated carbocycles. The summed E-state index contributed by atoms with van der Waals surface area (Å²) in [4.78, 5) is 0. The lowest BCUT2D eigenvalue weighted by molar-refractivity contribution is 0.784. The maximum Gasteiger partial charge on any atom is 0.197 e. The lowest BCUT2D eigenvalue weighted by Crippen LogP contribution is -2.13. The quantitative estimate of drug-likeness (QED) is 0.574. The first-order valence-corrected chi connectivity index (χ1v) is 5.18. The monoisotopic (exact) mass is 235 g/mol. The summed E-state index contributed by atoms with van der Waals surface area (Å²) in [6.07, 6.45) is 3.09. The van der Waals surface area contributed by atoms with Crippen molar-refractivity contribution in [3.8, 4) is 0 Å². The highest BCUT2D eigenvalue weighted by Gasteiger charge is 2.11. The number of rotatable bonds is 3. The number of hydrogen-bond acceptors (Lipinski definition) is 6. The van der Waals surface area contributed by atoms with Gasteiger partial charge in [0.15, 0.2) is 5.16 Å². The maximum atomic E-state index is 7.41. The van der Waals surface area contributed by atoms with Gasteiger partial charge in [-0.2, -0.15) is 5.10 Å². The van der Waals surface area contributed by atoms with Gasteiger partial charge in [-0.25, -0.2) is 0 Å². The van der Waals surface area contributed by atoms with Gasteiger partial charge in [-0.05, 0) is 17.8 Å². The van der Waals surface area contributed by atoms with Gasteiger partial charge in [0.25, 0.3) is 0 Å². The predicted molar refractivity (Wildman–Crippen MR) is 58.2 cm³/mol. The Hall–Kier alpha value is -1.96. The van der Waals surface area contributed by atoms with E-state index in [1.54, 1.807) is 17.0 Å². The SMILES string of the molecule is Cn1cnnc1Sc1nnccc1C(=N)N. The highest BCUT2D eigenvalue weighted by molar-refractivity contribution is 7.99. The minimum Gasteiger partial charge on any atom is -0.384 e. The van der Waals surface area contributed by atoms with E-state index in [0.29, 0.717) is 15.7 Å². The number of nitrogens with two attached hydrogens (primary N) is 1. The first-order valence-electron chi connectivity index (χ1n) is 4.36. The number of amidine groups is 1. The fourth-order valence-electron chi connectivity index (χ4n) is 1.05. The average Bonchev–Trinajstić information content (AvgIpc) is 2.65. The van der Waals surface area contributed by atoms with E-state index in [0.717, 1.165) is 0 Å². The first kappa shape index (κ1) is 10.6. The van der Waals surface area contributed by atoms with E-state index < -0.39 is 0 Å². The molecular weight excluding hydrogens is 226 g/mol. The zero-order valence-electron chi connectivity index (χ0n) is 8.45. The van der Waals surface area contributed by atoms with E-state index in [9.17, 15) is 0 Å². The molecule has 7 nitrogen and oxygen atoms in total. The summed E-state index contributed by atoms with van der Waals surface area (Å²) in [5.41, 5.74) is 5.99. The van der Waals surface area contributed by atoms with Crippen molar-refractivity contribution in [3.05, 3.63) is 24.2 Å². The second-order valence-corrected chi connectivity index (χ2v) is 3.95. The molecule has 0 aliphatic carbocycles. The number of aryl methyl sites for hydroxylation is 1. The van der Waals surface area contributed by atoms with E-state index in [4.69, 9.17) is 11.1 Å². The standard InChI is InChI=1S/C8H9N7S/c1-15-4-12-14-8(15)16-7-5(6(9)10)2-3-11-13-7/h2-4H,1H3,(H3,9,10). The molecule has 0 aliphatic rings. The molecule has 2 aromatic heterocycles. The van der Waals surface area contributed by atoms with Crippen LogP contribution in [0.15, 0.2) is 28.8 Å². The topological polar surface area (TPSA) is 106 Å². The van der Waals surface area contributed by atoms with Crippen molar-refractivity contribution in [3.63, 3.8) is 0 Å². The van der Waals surface area contributed by atoms with Crippen LogP contribution in [0.2, 0.25) is 0 Å².